The number of carboxylic acids is 1. The summed E-state index contributed by atoms with van der Waals surface area (Å²) in [6, 6.07) is 9.97. The number of phenols is 2. The van der Waals surface area contributed by atoms with Gasteiger partial charge in [0.15, 0.2) is 0 Å². The maximum atomic E-state index is 14.6. The molecule has 69 heavy (non-hydrogen) atoms. The van der Waals surface area contributed by atoms with E-state index in [2.05, 4.69) is 55.2 Å². The van der Waals surface area contributed by atoms with Crippen LogP contribution in [0.5, 0.6) is 11.5 Å². The Hall–Kier alpha value is -7.16. The first kappa shape index (κ1) is 54.4. The van der Waals surface area contributed by atoms with Gasteiger partial charge in [-0.3, -0.25) is 38.4 Å². The van der Waals surface area contributed by atoms with Crippen molar-refractivity contribution in [1.29, 1.82) is 0 Å². The third-order valence-electron chi connectivity index (χ3n) is 11.4. The van der Waals surface area contributed by atoms with Crippen LogP contribution in [0.1, 0.15) is 76.0 Å². The van der Waals surface area contributed by atoms with E-state index in [-0.39, 0.29) is 74.6 Å². The van der Waals surface area contributed by atoms with E-state index in [9.17, 15) is 58.5 Å². The molecule has 0 saturated heterocycles. The number of phenolic OH excluding ortho intramolecular Hbond substituents is 2. The second-order valence-corrected chi connectivity index (χ2v) is 17.3. The van der Waals surface area contributed by atoms with Crippen molar-refractivity contribution >= 4 is 71.5 Å². The monoisotopic (exact) mass is 974 g/mol. The molecule has 2 aliphatic heterocycles. The number of aromatic hydroxyl groups is 2. The van der Waals surface area contributed by atoms with Gasteiger partial charge in [0.25, 0.3) is 0 Å². The fourth-order valence-electron chi connectivity index (χ4n) is 7.30. The van der Waals surface area contributed by atoms with E-state index in [0.29, 0.717) is 35.2 Å². The molecule has 8 amide bonds. The minimum absolute atomic E-state index is 0.0441. The minimum Gasteiger partial charge on any atom is -0.508 e. The summed E-state index contributed by atoms with van der Waals surface area (Å²) in [5.41, 5.74) is 1.88. The lowest BCUT2D eigenvalue weighted by molar-refractivity contribution is -0.142. The Labute approximate surface area is 405 Å². The van der Waals surface area contributed by atoms with Crippen molar-refractivity contribution in [3.8, 4) is 11.5 Å². The number of rotatable bonds is 17. The Morgan fingerprint density at radius 3 is 1.87 bits per heavy atom. The molecule has 3 aromatic rings. The number of aliphatic carboxylic acids is 1. The molecule has 0 aliphatic carbocycles. The van der Waals surface area contributed by atoms with Crippen molar-refractivity contribution in [2.75, 3.05) is 17.6 Å². The standard InChI is InChI=1S/C48H62N8O12S/c1-4-27(2)42(56-46(65)39(26-69)50-28(3)57)47(66)54-37-23-29-8-14-32(15-9-29)51-41(61)21-20-40(60)49-22-6-5-7-35(52-44(37)63)43(62)53-36(24-30-10-16-33(58)17-11-30)45(64)55-38(48(67)68)25-31-12-18-34(59)19-13-31/h8-19,27,35-39,42,58-59,69H,4-7,20-26H2,1-3H3,(H,49,60)(H,50,57)(H,51,61)(H,52,63)(H,53,62)(H,54,66)(H,55,64)(H,56,65)(H,67,68)/t27-,35-,36-,37-,38-,39-,42-/m0/s1. The van der Waals surface area contributed by atoms with Crippen molar-refractivity contribution in [3.05, 3.63) is 89.5 Å². The molecular weight excluding hydrogens is 913 g/mol. The number of thiol groups is 1. The van der Waals surface area contributed by atoms with Gasteiger partial charge < -0.3 is 57.9 Å². The second kappa shape index (κ2) is 27.0. The van der Waals surface area contributed by atoms with Crippen LogP contribution in [0.4, 0.5) is 5.69 Å². The van der Waals surface area contributed by atoms with Crippen molar-refractivity contribution in [3.63, 3.8) is 0 Å². The van der Waals surface area contributed by atoms with E-state index < -0.39 is 89.5 Å². The molecule has 372 valence electrons. The number of carbonyl (C=O) groups is 9. The normalized spacial score (nSPS) is 18.1. The highest BCUT2D eigenvalue weighted by Crippen LogP contribution is 2.17. The first-order valence-electron chi connectivity index (χ1n) is 22.7. The zero-order valence-corrected chi connectivity index (χ0v) is 39.6. The predicted molar refractivity (Wildman–Crippen MR) is 257 cm³/mol. The molecule has 2 bridgehead atoms. The minimum atomic E-state index is -1.47. The summed E-state index contributed by atoms with van der Waals surface area (Å²) < 4.78 is 0. The van der Waals surface area contributed by atoms with Crippen LogP contribution in [0.25, 0.3) is 0 Å². The third-order valence-corrected chi connectivity index (χ3v) is 11.8. The Balaban J connectivity index is 1.69. The van der Waals surface area contributed by atoms with Crippen molar-refractivity contribution in [2.24, 2.45) is 5.92 Å². The van der Waals surface area contributed by atoms with Crippen LogP contribution in [0, 0.1) is 5.92 Å². The zero-order chi connectivity index (χ0) is 50.6. The number of hydrogen-bond acceptors (Lipinski definition) is 12. The quantitative estimate of drug-likeness (QED) is 0.0848. The van der Waals surface area contributed by atoms with E-state index in [4.69, 9.17) is 0 Å². The molecule has 7 atom stereocenters. The molecule has 0 unspecified atom stereocenters. The van der Waals surface area contributed by atoms with E-state index in [1.807, 2.05) is 0 Å². The molecular formula is C48H62N8O12S. The summed E-state index contributed by atoms with van der Waals surface area (Å²) in [4.78, 5) is 120. The maximum Gasteiger partial charge on any atom is 0.326 e. The molecule has 0 saturated carbocycles. The molecule has 0 radical (unpaired) electrons. The molecule has 5 rings (SSSR count). The summed E-state index contributed by atoms with van der Waals surface area (Å²) in [6.45, 7) is 4.91. The molecule has 0 spiro atoms. The van der Waals surface area contributed by atoms with E-state index >= 15 is 0 Å². The number of anilines is 1. The Morgan fingerprint density at radius 1 is 0.725 bits per heavy atom. The fourth-order valence-corrected chi connectivity index (χ4v) is 7.55. The van der Waals surface area contributed by atoms with Crippen molar-refractivity contribution in [1.82, 2.24) is 37.2 Å². The van der Waals surface area contributed by atoms with Crippen LogP contribution in [-0.4, -0.2) is 117 Å². The number of benzene rings is 3. The third kappa shape index (κ3) is 18.1. The largest absolute Gasteiger partial charge is 0.508 e. The molecule has 3 aromatic carbocycles. The Kier molecular flexibility index (Phi) is 21.3. The Bertz CT molecular complexity index is 2280. The fraction of sp³-hybridized carbons (Fsp3) is 0.438. The van der Waals surface area contributed by atoms with Crippen LogP contribution >= 0.6 is 12.6 Å². The molecule has 0 aromatic heterocycles. The molecule has 2 aliphatic rings. The van der Waals surface area contributed by atoms with E-state index in [1.165, 1.54) is 55.5 Å². The molecule has 0 fully saturated rings. The van der Waals surface area contributed by atoms with Crippen LogP contribution in [0.2, 0.25) is 0 Å². The SMILES string of the molecule is CC[C@H](C)[C@H](NC(=O)[C@H](CS)NC(C)=O)C(=O)N[C@H]1Cc2ccc(cc2)NC(=O)CCC(=O)NCCCC[C@@H](C(=O)N[C@@H](Cc2ccc(O)cc2)C(=O)N[C@@H](Cc2ccc(O)cc2)C(=O)O)NC1=O. The van der Waals surface area contributed by atoms with Gasteiger partial charge in [-0.25, -0.2) is 4.79 Å². The number of amides is 8. The lowest BCUT2D eigenvalue weighted by Crippen LogP contribution is -2.61. The topological polar surface area (TPSA) is 311 Å². The lowest BCUT2D eigenvalue weighted by atomic mass is 9.96. The van der Waals surface area contributed by atoms with Gasteiger partial charge in [0.2, 0.25) is 47.3 Å². The number of carbonyl (C=O) groups excluding carboxylic acids is 8. The van der Waals surface area contributed by atoms with Crippen molar-refractivity contribution in [2.45, 2.75) is 115 Å². The average Bonchev–Trinajstić information content (AvgIpc) is 3.31. The van der Waals surface area contributed by atoms with Gasteiger partial charge in [0.1, 0.15) is 47.8 Å². The van der Waals surface area contributed by atoms with Crippen LogP contribution in [0.15, 0.2) is 72.8 Å². The smallest absolute Gasteiger partial charge is 0.326 e. The van der Waals surface area contributed by atoms with Gasteiger partial charge >= 0.3 is 5.97 Å². The zero-order valence-electron chi connectivity index (χ0n) is 38.7. The van der Waals surface area contributed by atoms with Gasteiger partial charge in [-0.15, -0.1) is 0 Å². The number of carboxylic acid groups (broad SMARTS) is 1. The molecule has 2 heterocycles. The van der Waals surface area contributed by atoms with Gasteiger partial charge in [0.05, 0.1) is 0 Å². The van der Waals surface area contributed by atoms with Crippen molar-refractivity contribution < 1.29 is 58.5 Å². The summed E-state index contributed by atoms with van der Waals surface area (Å²) >= 11 is 4.18. The van der Waals surface area contributed by atoms with Gasteiger partial charge in [-0.05, 0) is 78.3 Å². The molecule has 11 N–H and O–H groups in total. The first-order valence-corrected chi connectivity index (χ1v) is 23.3. The van der Waals surface area contributed by atoms with Crippen LogP contribution < -0.4 is 42.5 Å². The van der Waals surface area contributed by atoms with Crippen LogP contribution in [-0.2, 0) is 62.4 Å². The summed E-state index contributed by atoms with van der Waals surface area (Å²) in [6.07, 6.45) is 0.243. The lowest BCUT2D eigenvalue weighted by Gasteiger charge is -2.29. The highest BCUT2D eigenvalue weighted by Gasteiger charge is 2.35. The average molecular weight is 975 g/mol. The summed E-state index contributed by atoms with van der Waals surface area (Å²) in [7, 11) is 0. The first-order chi connectivity index (χ1) is 32.8. The summed E-state index contributed by atoms with van der Waals surface area (Å²) in [5.74, 6) is -7.29. The van der Waals surface area contributed by atoms with E-state index in [0.717, 1.165) is 0 Å². The van der Waals surface area contributed by atoms with Gasteiger partial charge in [-0.2, -0.15) is 12.6 Å². The molecule has 21 heteroatoms. The van der Waals surface area contributed by atoms with Gasteiger partial charge in [-0.1, -0.05) is 56.7 Å². The highest BCUT2D eigenvalue weighted by atomic mass is 32.1. The van der Waals surface area contributed by atoms with Gasteiger partial charge in [0, 0.05) is 57.0 Å². The Morgan fingerprint density at radius 2 is 1.30 bits per heavy atom. The van der Waals surface area contributed by atoms with E-state index in [1.54, 1.807) is 38.1 Å². The number of fused-ring (bicyclic) bond motifs is 16. The number of nitrogens with one attached hydrogen (secondary N) is 8. The second-order valence-electron chi connectivity index (χ2n) is 16.9. The highest BCUT2D eigenvalue weighted by molar-refractivity contribution is 7.80. The predicted octanol–water partition coefficient (Wildman–Crippen LogP) is 1.13. The maximum absolute atomic E-state index is 14.6. The summed E-state index contributed by atoms with van der Waals surface area (Å²) in [5, 5.41) is 51.1. The van der Waals surface area contributed by atoms with Crippen LogP contribution in [0.3, 0.4) is 0 Å². The molecule has 20 nitrogen and oxygen atoms in total. The number of hydrogen-bond donors (Lipinski definition) is 12.